The first-order chi connectivity index (χ1) is 8.93. The van der Waals surface area contributed by atoms with Gasteiger partial charge in [0.05, 0.1) is 5.69 Å². The molecule has 5 nitrogen and oxygen atoms in total. The number of amides is 2. The Morgan fingerprint density at radius 2 is 2.21 bits per heavy atom. The molecule has 1 aromatic carbocycles. The second kappa shape index (κ2) is 6.89. The van der Waals surface area contributed by atoms with Crippen LogP contribution in [0.4, 0.5) is 14.9 Å². The molecule has 0 bridgehead atoms. The largest absolute Gasteiger partial charge is 0.480 e. The predicted octanol–water partition coefficient (Wildman–Crippen LogP) is 2.69. The van der Waals surface area contributed by atoms with Crippen molar-refractivity contribution in [2.45, 2.75) is 0 Å². The minimum Gasteiger partial charge on any atom is -0.480 e. The van der Waals surface area contributed by atoms with Crippen molar-refractivity contribution in [2.75, 3.05) is 18.4 Å². The third kappa shape index (κ3) is 4.70. The molecule has 102 valence electrons. The summed E-state index contributed by atoms with van der Waals surface area (Å²) in [5.41, 5.74) is -0.0289. The highest BCUT2D eigenvalue weighted by Gasteiger charge is 2.16. The number of nitrogens with zero attached hydrogens (tertiary/aromatic N) is 1. The Balaban J connectivity index is 2.83. The summed E-state index contributed by atoms with van der Waals surface area (Å²) in [5, 5.41) is 11.0. The number of aliphatic carboxylic acids is 1. The molecule has 7 heteroatoms. The molecule has 0 aromatic heterocycles. The number of rotatable bonds is 5. The van der Waals surface area contributed by atoms with Crippen molar-refractivity contribution in [3.63, 3.8) is 0 Å². The summed E-state index contributed by atoms with van der Waals surface area (Å²) < 4.78 is 14.0. The first-order valence-corrected chi connectivity index (χ1v) is 6.07. The molecule has 0 unspecified atom stereocenters. The van der Waals surface area contributed by atoms with Gasteiger partial charge in [-0.3, -0.25) is 4.79 Å². The zero-order chi connectivity index (χ0) is 14.4. The van der Waals surface area contributed by atoms with Crippen LogP contribution in [0.3, 0.4) is 0 Å². The molecule has 0 spiro atoms. The first kappa shape index (κ1) is 15.2. The van der Waals surface area contributed by atoms with Gasteiger partial charge < -0.3 is 15.3 Å². The lowest BCUT2D eigenvalue weighted by atomic mass is 10.3. The fraction of sp³-hybridized carbons (Fsp3) is 0.167. The standard InChI is InChI=1S/C12H12BrFN2O3/c1-2-5-16(7-11(17)18)12(19)15-10-6-8(13)3-4-9(10)14/h2-4,6H,1,5,7H2,(H,15,19)(H,17,18). The van der Waals surface area contributed by atoms with Crippen molar-refractivity contribution in [1.29, 1.82) is 0 Å². The van der Waals surface area contributed by atoms with Gasteiger partial charge in [0.15, 0.2) is 0 Å². The van der Waals surface area contributed by atoms with Crippen LogP contribution in [-0.4, -0.2) is 35.1 Å². The van der Waals surface area contributed by atoms with Gasteiger partial charge in [0.1, 0.15) is 12.4 Å². The topological polar surface area (TPSA) is 69.6 Å². The Kier molecular flexibility index (Phi) is 5.50. The van der Waals surface area contributed by atoms with Gasteiger partial charge >= 0.3 is 12.0 Å². The first-order valence-electron chi connectivity index (χ1n) is 5.27. The maximum atomic E-state index is 13.5. The molecule has 2 N–H and O–H groups in total. The molecule has 19 heavy (non-hydrogen) atoms. The molecule has 1 aromatic rings. The van der Waals surface area contributed by atoms with Crippen LogP contribution in [0.1, 0.15) is 0 Å². The maximum absolute atomic E-state index is 13.5. The van der Waals surface area contributed by atoms with E-state index in [0.717, 1.165) is 4.90 Å². The van der Waals surface area contributed by atoms with Gasteiger partial charge in [0, 0.05) is 11.0 Å². The lowest BCUT2D eigenvalue weighted by Gasteiger charge is -2.19. The lowest BCUT2D eigenvalue weighted by molar-refractivity contribution is -0.137. The Bertz CT molecular complexity index is 508. The molecule has 2 amide bonds. The summed E-state index contributed by atoms with van der Waals surface area (Å²) in [6.45, 7) is 2.99. The molecule has 0 aliphatic rings. The quantitative estimate of drug-likeness (QED) is 0.815. The fourth-order valence-corrected chi connectivity index (χ4v) is 1.69. The van der Waals surface area contributed by atoms with E-state index < -0.39 is 24.4 Å². The Hall–Kier alpha value is -1.89. The summed E-state index contributed by atoms with van der Waals surface area (Å²) in [5.74, 6) is -1.77. The number of halogens is 2. The van der Waals surface area contributed by atoms with E-state index in [-0.39, 0.29) is 12.2 Å². The number of hydrogen-bond acceptors (Lipinski definition) is 2. The molecule has 1 rings (SSSR count). The molecular formula is C12H12BrFN2O3. The second-order valence-electron chi connectivity index (χ2n) is 3.62. The highest BCUT2D eigenvalue weighted by atomic mass is 79.9. The van der Waals surface area contributed by atoms with Crippen molar-refractivity contribution in [2.24, 2.45) is 0 Å². The lowest BCUT2D eigenvalue weighted by Crippen LogP contribution is -2.39. The Morgan fingerprint density at radius 3 is 2.79 bits per heavy atom. The van der Waals surface area contributed by atoms with Crippen molar-refractivity contribution < 1.29 is 19.1 Å². The number of urea groups is 1. The Morgan fingerprint density at radius 1 is 1.53 bits per heavy atom. The smallest absolute Gasteiger partial charge is 0.323 e. The zero-order valence-corrected chi connectivity index (χ0v) is 11.5. The van der Waals surface area contributed by atoms with Crippen LogP contribution in [0.5, 0.6) is 0 Å². The normalized spacial score (nSPS) is 9.79. The van der Waals surface area contributed by atoms with Crippen LogP contribution in [0.25, 0.3) is 0 Å². The van der Waals surface area contributed by atoms with Gasteiger partial charge in [-0.2, -0.15) is 0 Å². The van der Waals surface area contributed by atoms with Crippen LogP contribution in [0.15, 0.2) is 35.3 Å². The van der Waals surface area contributed by atoms with E-state index in [1.807, 2.05) is 0 Å². The third-order valence-corrected chi connectivity index (χ3v) is 2.63. The highest BCUT2D eigenvalue weighted by Crippen LogP contribution is 2.20. The summed E-state index contributed by atoms with van der Waals surface area (Å²) in [4.78, 5) is 23.4. The van der Waals surface area contributed by atoms with E-state index in [0.29, 0.717) is 4.47 Å². The minimum absolute atomic E-state index is 0.0289. The number of hydrogen-bond donors (Lipinski definition) is 2. The molecule has 0 saturated heterocycles. The van der Waals surface area contributed by atoms with Gasteiger partial charge in [-0.05, 0) is 18.2 Å². The minimum atomic E-state index is -1.16. The van der Waals surface area contributed by atoms with Gasteiger partial charge in [0.2, 0.25) is 0 Å². The number of benzene rings is 1. The fourth-order valence-electron chi connectivity index (χ4n) is 1.33. The van der Waals surface area contributed by atoms with Crippen LogP contribution in [0.2, 0.25) is 0 Å². The van der Waals surface area contributed by atoms with Crippen LogP contribution < -0.4 is 5.32 Å². The van der Waals surface area contributed by atoms with Gasteiger partial charge in [-0.25, -0.2) is 9.18 Å². The summed E-state index contributed by atoms with van der Waals surface area (Å²) in [6, 6.07) is 3.36. The third-order valence-electron chi connectivity index (χ3n) is 2.13. The average Bonchev–Trinajstić information content (AvgIpc) is 2.32. The van der Waals surface area contributed by atoms with Crippen molar-refractivity contribution in [3.05, 3.63) is 41.1 Å². The average molecular weight is 331 g/mol. The van der Waals surface area contributed by atoms with Crippen molar-refractivity contribution in [3.8, 4) is 0 Å². The molecule has 0 atom stereocenters. The number of carbonyl (C=O) groups is 2. The van der Waals surface area contributed by atoms with Gasteiger partial charge in [0.25, 0.3) is 0 Å². The van der Waals surface area contributed by atoms with Crippen LogP contribution in [-0.2, 0) is 4.79 Å². The molecule has 0 fully saturated rings. The molecule has 0 aliphatic heterocycles. The second-order valence-corrected chi connectivity index (χ2v) is 4.53. The molecule has 0 radical (unpaired) electrons. The highest BCUT2D eigenvalue weighted by molar-refractivity contribution is 9.10. The monoisotopic (exact) mass is 330 g/mol. The summed E-state index contributed by atoms with van der Waals surface area (Å²) >= 11 is 3.15. The Labute approximate surface area is 117 Å². The van der Waals surface area contributed by atoms with Gasteiger partial charge in [-0.15, -0.1) is 6.58 Å². The van der Waals surface area contributed by atoms with E-state index in [1.54, 1.807) is 0 Å². The SMILES string of the molecule is C=CCN(CC(=O)O)C(=O)Nc1cc(Br)ccc1F. The van der Waals surface area contributed by atoms with Crippen molar-refractivity contribution >= 4 is 33.6 Å². The maximum Gasteiger partial charge on any atom is 0.323 e. The van der Waals surface area contributed by atoms with Crippen LogP contribution >= 0.6 is 15.9 Å². The zero-order valence-electron chi connectivity index (χ0n) is 9.90. The molecule has 0 aliphatic carbocycles. The number of carboxylic acid groups (broad SMARTS) is 1. The van der Waals surface area contributed by atoms with Crippen LogP contribution in [0, 0.1) is 5.82 Å². The number of anilines is 1. The predicted molar refractivity (Wildman–Crippen MR) is 72.5 cm³/mol. The van der Waals surface area contributed by atoms with E-state index in [9.17, 15) is 14.0 Å². The number of nitrogens with one attached hydrogen (secondary N) is 1. The van der Waals surface area contributed by atoms with E-state index in [4.69, 9.17) is 5.11 Å². The molecular weight excluding hydrogens is 319 g/mol. The summed E-state index contributed by atoms with van der Waals surface area (Å²) in [6.07, 6.45) is 1.39. The molecule has 0 saturated carbocycles. The van der Waals surface area contributed by atoms with E-state index >= 15 is 0 Å². The molecule has 0 heterocycles. The number of carbonyl (C=O) groups excluding carboxylic acids is 1. The van der Waals surface area contributed by atoms with E-state index in [2.05, 4.69) is 27.8 Å². The van der Waals surface area contributed by atoms with E-state index in [1.165, 1.54) is 24.3 Å². The number of carboxylic acids is 1. The summed E-state index contributed by atoms with van der Waals surface area (Å²) in [7, 11) is 0. The van der Waals surface area contributed by atoms with Gasteiger partial charge in [-0.1, -0.05) is 22.0 Å². The van der Waals surface area contributed by atoms with Crippen molar-refractivity contribution in [1.82, 2.24) is 4.90 Å².